The number of hydrogen-bond acceptors (Lipinski definition) is 4. The van der Waals surface area contributed by atoms with Gasteiger partial charge in [0.2, 0.25) is 0 Å². The zero-order valence-electron chi connectivity index (χ0n) is 18.4. The molecule has 1 aliphatic rings. The van der Waals surface area contributed by atoms with Crippen LogP contribution in [0.5, 0.6) is 0 Å². The zero-order valence-corrected chi connectivity index (χ0v) is 19.9. The van der Waals surface area contributed by atoms with Gasteiger partial charge in [0.15, 0.2) is 5.11 Å². The van der Waals surface area contributed by atoms with Gasteiger partial charge in [0.05, 0.1) is 11.2 Å². The van der Waals surface area contributed by atoms with Crippen LogP contribution in [0.4, 0.5) is 5.69 Å². The van der Waals surface area contributed by atoms with Crippen molar-refractivity contribution in [2.24, 2.45) is 0 Å². The van der Waals surface area contributed by atoms with Gasteiger partial charge in [0, 0.05) is 33.7 Å². The maximum absolute atomic E-state index is 13.3. The van der Waals surface area contributed by atoms with Crippen molar-refractivity contribution in [2.45, 2.75) is 13.8 Å². The highest BCUT2D eigenvalue weighted by Gasteiger charge is 2.34. The SMILES string of the molecule is Cc1cc(/C=C2/C(=O)NC(=S)N(c3ccc(Cl)cc3)C2=O)c(C)n1-c1ccc2ncccc2c1. The van der Waals surface area contributed by atoms with Crippen LogP contribution >= 0.6 is 23.8 Å². The van der Waals surface area contributed by atoms with E-state index in [2.05, 4.69) is 20.9 Å². The fourth-order valence-corrected chi connectivity index (χ4v) is 4.58. The number of hydrogen-bond donors (Lipinski definition) is 1. The third-order valence-electron chi connectivity index (χ3n) is 5.80. The number of aromatic nitrogens is 2. The number of nitrogens with one attached hydrogen (secondary N) is 1. The predicted octanol–water partition coefficient (Wildman–Crippen LogP) is 5.13. The zero-order chi connectivity index (χ0) is 24.0. The topological polar surface area (TPSA) is 67.2 Å². The molecule has 2 aromatic heterocycles. The number of benzene rings is 2. The second-order valence-corrected chi connectivity index (χ2v) is 8.80. The minimum atomic E-state index is -0.526. The number of halogens is 1. The summed E-state index contributed by atoms with van der Waals surface area (Å²) < 4.78 is 2.09. The van der Waals surface area contributed by atoms with Crippen LogP contribution in [0.2, 0.25) is 5.02 Å². The first kappa shape index (κ1) is 22.0. The van der Waals surface area contributed by atoms with Crippen LogP contribution in [0.1, 0.15) is 17.0 Å². The molecule has 1 fully saturated rings. The Labute approximate surface area is 206 Å². The number of anilines is 1. The molecule has 3 heterocycles. The lowest BCUT2D eigenvalue weighted by Gasteiger charge is -2.28. The Balaban J connectivity index is 1.56. The summed E-state index contributed by atoms with van der Waals surface area (Å²) in [6.45, 7) is 3.94. The molecule has 0 aliphatic carbocycles. The average Bonchev–Trinajstić information content (AvgIpc) is 3.10. The largest absolute Gasteiger partial charge is 0.318 e. The summed E-state index contributed by atoms with van der Waals surface area (Å²) in [6.07, 6.45) is 3.38. The first-order valence-electron chi connectivity index (χ1n) is 10.5. The molecule has 1 aliphatic heterocycles. The molecule has 0 bridgehead atoms. The van der Waals surface area contributed by atoms with E-state index >= 15 is 0 Å². The lowest BCUT2D eigenvalue weighted by molar-refractivity contribution is -0.122. The van der Waals surface area contributed by atoms with Crippen LogP contribution in [0.3, 0.4) is 0 Å². The van der Waals surface area contributed by atoms with Gasteiger partial charge in [-0.15, -0.1) is 0 Å². The van der Waals surface area contributed by atoms with E-state index in [-0.39, 0.29) is 10.7 Å². The number of pyridine rings is 1. The Morgan fingerprint density at radius 2 is 1.74 bits per heavy atom. The number of aryl methyl sites for hydroxylation is 1. The monoisotopic (exact) mass is 486 g/mol. The molecule has 0 saturated carbocycles. The minimum Gasteiger partial charge on any atom is -0.318 e. The van der Waals surface area contributed by atoms with Gasteiger partial charge >= 0.3 is 0 Å². The van der Waals surface area contributed by atoms with E-state index in [4.69, 9.17) is 23.8 Å². The molecule has 5 rings (SSSR count). The lowest BCUT2D eigenvalue weighted by Crippen LogP contribution is -2.54. The van der Waals surface area contributed by atoms with E-state index in [0.717, 1.165) is 33.5 Å². The summed E-state index contributed by atoms with van der Waals surface area (Å²) >= 11 is 11.2. The van der Waals surface area contributed by atoms with Crippen LogP contribution in [0.25, 0.3) is 22.7 Å². The van der Waals surface area contributed by atoms with E-state index in [1.165, 1.54) is 4.90 Å². The van der Waals surface area contributed by atoms with Crippen LogP contribution in [-0.2, 0) is 9.59 Å². The number of thiocarbonyl (C=S) groups is 1. The van der Waals surface area contributed by atoms with Gasteiger partial charge in [-0.05, 0) is 92.3 Å². The molecule has 1 N–H and O–H groups in total. The van der Waals surface area contributed by atoms with Gasteiger partial charge in [-0.25, -0.2) is 0 Å². The number of nitrogens with zero attached hydrogens (tertiary/aromatic N) is 3. The molecule has 8 heteroatoms. The van der Waals surface area contributed by atoms with Gasteiger partial charge in [-0.1, -0.05) is 17.7 Å². The van der Waals surface area contributed by atoms with Crippen molar-refractivity contribution in [1.29, 1.82) is 0 Å². The molecule has 0 spiro atoms. The van der Waals surface area contributed by atoms with Crippen LogP contribution in [-0.4, -0.2) is 26.5 Å². The Kier molecular flexibility index (Phi) is 5.51. The third-order valence-corrected chi connectivity index (χ3v) is 6.34. The molecular formula is C26H19ClN4O2S. The quantitative estimate of drug-likeness (QED) is 0.248. The molecular weight excluding hydrogens is 468 g/mol. The van der Waals surface area contributed by atoms with E-state index in [0.29, 0.717) is 10.7 Å². The van der Waals surface area contributed by atoms with Crippen molar-refractivity contribution in [3.8, 4) is 5.69 Å². The Bertz CT molecular complexity index is 1520. The second kappa shape index (κ2) is 8.52. The van der Waals surface area contributed by atoms with E-state index < -0.39 is 11.8 Å². The molecule has 0 unspecified atom stereocenters. The van der Waals surface area contributed by atoms with Gasteiger partial charge in [-0.2, -0.15) is 0 Å². The molecule has 2 aromatic carbocycles. The summed E-state index contributed by atoms with van der Waals surface area (Å²) in [4.78, 5) is 31.7. The first-order chi connectivity index (χ1) is 16.3. The van der Waals surface area contributed by atoms with Crippen molar-refractivity contribution in [1.82, 2.24) is 14.9 Å². The van der Waals surface area contributed by atoms with Crippen LogP contribution in [0.15, 0.2) is 72.4 Å². The molecule has 0 radical (unpaired) electrons. The third kappa shape index (κ3) is 3.79. The number of carbonyl (C=O) groups is 2. The Morgan fingerprint density at radius 1 is 1.00 bits per heavy atom. The highest BCUT2D eigenvalue weighted by molar-refractivity contribution is 7.80. The average molecular weight is 487 g/mol. The molecule has 168 valence electrons. The van der Waals surface area contributed by atoms with Crippen molar-refractivity contribution < 1.29 is 9.59 Å². The number of rotatable bonds is 3. The summed E-state index contributed by atoms with van der Waals surface area (Å²) in [5, 5.41) is 4.22. The lowest BCUT2D eigenvalue weighted by atomic mass is 10.1. The maximum atomic E-state index is 13.3. The highest BCUT2D eigenvalue weighted by Crippen LogP contribution is 2.27. The van der Waals surface area contributed by atoms with Crippen LogP contribution < -0.4 is 10.2 Å². The fraction of sp³-hybridized carbons (Fsp3) is 0.0769. The van der Waals surface area contributed by atoms with Gasteiger partial charge < -0.3 is 4.57 Å². The van der Waals surface area contributed by atoms with Crippen molar-refractivity contribution in [2.75, 3.05) is 4.90 Å². The maximum Gasteiger partial charge on any atom is 0.270 e. The Hall–Kier alpha value is -3.81. The molecule has 4 aromatic rings. The standard InChI is InChI=1S/C26H19ClN4O2S/c1-15-12-18(16(2)30(15)21-9-10-23-17(13-21)4-3-11-28-23)14-22-24(32)29-26(34)31(25(22)33)20-7-5-19(27)6-8-20/h3-14H,1-2H3,(H,29,32,34)/b22-14-. The van der Waals surface area contributed by atoms with Crippen molar-refractivity contribution in [3.05, 3.63) is 94.4 Å². The predicted molar refractivity (Wildman–Crippen MR) is 138 cm³/mol. The molecule has 1 saturated heterocycles. The number of fused-ring (bicyclic) bond motifs is 1. The molecule has 2 amide bonds. The molecule has 0 atom stereocenters. The Morgan fingerprint density at radius 3 is 2.50 bits per heavy atom. The molecule has 6 nitrogen and oxygen atoms in total. The normalized spacial score (nSPS) is 15.3. The van der Waals surface area contributed by atoms with E-state index in [1.807, 2.05) is 44.2 Å². The smallest absolute Gasteiger partial charge is 0.270 e. The minimum absolute atomic E-state index is 0.00603. The summed E-state index contributed by atoms with van der Waals surface area (Å²) in [5.41, 5.74) is 5.07. The first-order valence-corrected chi connectivity index (χ1v) is 11.3. The van der Waals surface area contributed by atoms with Crippen molar-refractivity contribution >= 4 is 63.4 Å². The number of amides is 2. The van der Waals surface area contributed by atoms with Gasteiger partial charge in [0.1, 0.15) is 5.57 Å². The van der Waals surface area contributed by atoms with E-state index in [9.17, 15) is 9.59 Å². The van der Waals surface area contributed by atoms with E-state index in [1.54, 1.807) is 36.5 Å². The van der Waals surface area contributed by atoms with Gasteiger partial charge in [-0.3, -0.25) is 24.8 Å². The van der Waals surface area contributed by atoms with Gasteiger partial charge in [0.25, 0.3) is 11.8 Å². The summed E-state index contributed by atoms with van der Waals surface area (Å²) in [7, 11) is 0. The summed E-state index contributed by atoms with van der Waals surface area (Å²) in [6, 6.07) is 18.6. The van der Waals surface area contributed by atoms with Crippen molar-refractivity contribution in [3.63, 3.8) is 0 Å². The fourth-order valence-electron chi connectivity index (χ4n) is 4.17. The second-order valence-electron chi connectivity index (χ2n) is 7.98. The van der Waals surface area contributed by atoms with Crippen LogP contribution in [0, 0.1) is 13.8 Å². The highest BCUT2D eigenvalue weighted by atomic mass is 35.5. The molecule has 34 heavy (non-hydrogen) atoms. The summed E-state index contributed by atoms with van der Waals surface area (Å²) in [5.74, 6) is -1.01. The number of carbonyl (C=O) groups excluding carboxylic acids is 2.